The second-order valence-corrected chi connectivity index (χ2v) is 12.0. The number of nitrogens with one attached hydrogen (secondary N) is 1. The standard InChI is InChI=1S/C32H35ClN6S/c1-20-12-15-37(16-13-20)28-10-9-24(18-26(28)33)39-31(30(36-32(39)40)27-7-5-6-14-34-27)25-17-22(3)38(23(25)4)29-11-8-21(2)19-35-29/h5-11,14,17-20,30-31H,12-13,15-16H2,1-4H3,(H,36,40). The van der Waals surface area contributed by atoms with Crippen molar-refractivity contribution in [1.82, 2.24) is 19.9 Å². The largest absolute Gasteiger partial charge is 0.370 e. The van der Waals surface area contributed by atoms with Crippen molar-refractivity contribution in [2.24, 2.45) is 5.92 Å². The highest BCUT2D eigenvalue weighted by atomic mass is 35.5. The molecule has 0 aliphatic carbocycles. The van der Waals surface area contributed by atoms with Crippen LogP contribution in [0.25, 0.3) is 5.82 Å². The van der Waals surface area contributed by atoms with E-state index < -0.39 is 0 Å². The van der Waals surface area contributed by atoms with Gasteiger partial charge in [0.2, 0.25) is 0 Å². The molecule has 40 heavy (non-hydrogen) atoms. The lowest BCUT2D eigenvalue weighted by molar-refractivity contribution is 0.438. The number of aromatic nitrogens is 3. The number of nitrogens with zero attached hydrogens (tertiary/aromatic N) is 5. The Hall–Kier alpha value is -3.42. The van der Waals surface area contributed by atoms with Gasteiger partial charge in [-0.1, -0.05) is 30.7 Å². The molecule has 1 aromatic carbocycles. The number of aryl methyl sites for hydroxylation is 2. The fraction of sp³-hybridized carbons (Fsp3) is 0.344. The second kappa shape index (κ2) is 10.9. The number of pyridine rings is 2. The van der Waals surface area contributed by atoms with Gasteiger partial charge >= 0.3 is 0 Å². The quantitative estimate of drug-likeness (QED) is 0.255. The van der Waals surface area contributed by atoms with Crippen LogP contribution in [0.4, 0.5) is 11.4 Å². The lowest BCUT2D eigenvalue weighted by Crippen LogP contribution is -2.33. The van der Waals surface area contributed by atoms with E-state index in [2.05, 4.69) is 89.8 Å². The van der Waals surface area contributed by atoms with Crippen LogP contribution in [0.2, 0.25) is 5.02 Å². The van der Waals surface area contributed by atoms with Crippen LogP contribution in [0.1, 0.15) is 60.1 Å². The van der Waals surface area contributed by atoms with Gasteiger partial charge in [0.05, 0.1) is 28.5 Å². The Morgan fingerprint density at radius 3 is 2.45 bits per heavy atom. The summed E-state index contributed by atoms with van der Waals surface area (Å²) >= 11 is 13.0. The van der Waals surface area contributed by atoms with E-state index in [0.29, 0.717) is 5.11 Å². The molecule has 6 rings (SSSR count). The molecule has 2 atom stereocenters. The zero-order valence-corrected chi connectivity index (χ0v) is 25.0. The molecule has 8 heteroatoms. The van der Waals surface area contributed by atoms with Crippen molar-refractivity contribution < 1.29 is 0 Å². The summed E-state index contributed by atoms with van der Waals surface area (Å²) in [6, 6.07) is 18.6. The lowest BCUT2D eigenvalue weighted by Gasteiger charge is -2.33. The third-order valence-electron chi connectivity index (χ3n) is 8.35. The smallest absolute Gasteiger partial charge is 0.174 e. The first kappa shape index (κ1) is 26.8. The first-order valence-electron chi connectivity index (χ1n) is 14.0. The molecule has 0 amide bonds. The van der Waals surface area contributed by atoms with Crippen molar-refractivity contribution in [1.29, 1.82) is 0 Å². The average molecular weight is 571 g/mol. The number of rotatable bonds is 5. The fourth-order valence-corrected chi connectivity index (χ4v) is 6.77. The van der Waals surface area contributed by atoms with Crippen LogP contribution in [0.15, 0.2) is 67.0 Å². The minimum absolute atomic E-state index is 0.120. The van der Waals surface area contributed by atoms with Crippen molar-refractivity contribution in [2.75, 3.05) is 22.9 Å². The van der Waals surface area contributed by atoms with E-state index in [9.17, 15) is 0 Å². The minimum Gasteiger partial charge on any atom is -0.370 e. The van der Waals surface area contributed by atoms with E-state index in [1.807, 2.05) is 24.5 Å². The van der Waals surface area contributed by atoms with Crippen LogP contribution in [-0.2, 0) is 0 Å². The van der Waals surface area contributed by atoms with E-state index in [1.54, 1.807) is 0 Å². The molecule has 2 unspecified atom stereocenters. The van der Waals surface area contributed by atoms with Crippen molar-refractivity contribution >= 4 is 40.3 Å². The maximum atomic E-state index is 6.97. The van der Waals surface area contributed by atoms with Gasteiger partial charge in [0, 0.05) is 42.6 Å². The van der Waals surface area contributed by atoms with E-state index in [-0.39, 0.29) is 12.1 Å². The van der Waals surface area contributed by atoms with Gasteiger partial charge in [0.25, 0.3) is 0 Å². The zero-order valence-electron chi connectivity index (χ0n) is 23.4. The number of benzene rings is 1. The molecule has 2 aliphatic rings. The fourth-order valence-electron chi connectivity index (χ4n) is 6.13. The highest BCUT2D eigenvalue weighted by Gasteiger charge is 2.42. The number of anilines is 2. The van der Waals surface area contributed by atoms with Gasteiger partial charge in [-0.05, 0) is 105 Å². The molecule has 2 aliphatic heterocycles. The van der Waals surface area contributed by atoms with Crippen molar-refractivity contribution in [3.05, 3.63) is 100 Å². The normalized spacial score (nSPS) is 19.8. The molecule has 4 aromatic rings. The molecule has 0 bridgehead atoms. The minimum atomic E-state index is -0.129. The molecule has 206 valence electrons. The van der Waals surface area contributed by atoms with Crippen LogP contribution in [-0.4, -0.2) is 32.7 Å². The number of hydrogen-bond donors (Lipinski definition) is 1. The maximum Gasteiger partial charge on any atom is 0.174 e. The van der Waals surface area contributed by atoms with Gasteiger partial charge in [-0.2, -0.15) is 0 Å². The molecular weight excluding hydrogens is 536 g/mol. The molecule has 1 N–H and O–H groups in total. The Balaban J connectivity index is 1.43. The van der Waals surface area contributed by atoms with E-state index in [0.717, 1.165) is 63.9 Å². The van der Waals surface area contributed by atoms with Crippen molar-refractivity contribution in [3.63, 3.8) is 0 Å². The van der Waals surface area contributed by atoms with E-state index in [1.165, 1.54) is 18.4 Å². The van der Waals surface area contributed by atoms with E-state index in [4.69, 9.17) is 33.8 Å². The average Bonchev–Trinajstić information content (AvgIpc) is 3.45. The monoisotopic (exact) mass is 570 g/mol. The Morgan fingerprint density at radius 1 is 0.975 bits per heavy atom. The summed E-state index contributed by atoms with van der Waals surface area (Å²) in [5.74, 6) is 1.67. The van der Waals surface area contributed by atoms with Crippen LogP contribution < -0.4 is 15.1 Å². The number of halogens is 1. The number of hydrogen-bond acceptors (Lipinski definition) is 4. The highest BCUT2D eigenvalue weighted by Crippen LogP contribution is 2.45. The molecule has 2 saturated heterocycles. The maximum absolute atomic E-state index is 6.97. The predicted molar refractivity (Wildman–Crippen MR) is 168 cm³/mol. The summed E-state index contributed by atoms with van der Waals surface area (Å²) in [7, 11) is 0. The topological polar surface area (TPSA) is 49.2 Å². The summed E-state index contributed by atoms with van der Waals surface area (Å²) < 4.78 is 2.22. The first-order chi connectivity index (χ1) is 19.3. The molecule has 0 radical (unpaired) electrons. The Labute approximate surface area is 247 Å². The molecule has 3 aromatic heterocycles. The number of thiocarbonyl (C=S) groups is 1. The molecule has 6 nitrogen and oxygen atoms in total. The van der Waals surface area contributed by atoms with E-state index >= 15 is 0 Å². The van der Waals surface area contributed by atoms with Crippen LogP contribution in [0.3, 0.4) is 0 Å². The van der Waals surface area contributed by atoms with Crippen LogP contribution >= 0.6 is 23.8 Å². The Bertz CT molecular complexity index is 1530. The second-order valence-electron chi connectivity index (χ2n) is 11.2. The third-order valence-corrected chi connectivity index (χ3v) is 8.96. The summed E-state index contributed by atoms with van der Waals surface area (Å²) in [6.07, 6.45) is 6.13. The molecule has 0 spiro atoms. The number of piperidine rings is 1. The van der Waals surface area contributed by atoms with Gasteiger partial charge in [0.15, 0.2) is 5.11 Å². The molecule has 0 saturated carbocycles. The SMILES string of the molecule is Cc1ccc(-n2c(C)cc(C3C(c4ccccn4)NC(=S)N3c3ccc(N4CCC(C)CC4)c(Cl)c3)c2C)nc1. The Morgan fingerprint density at radius 2 is 1.77 bits per heavy atom. The van der Waals surface area contributed by atoms with Gasteiger partial charge in [-0.25, -0.2) is 4.98 Å². The van der Waals surface area contributed by atoms with Gasteiger partial charge < -0.3 is 19.7 Å². The van der Waals surface area contributed by atoms with Crippen molar-refractivity contribution in [2.45, 2.75) is 52.6 Å². The van der Waals surface area contributed by atoms with Crippen LogP contribution in [0.5, 0.6) is 0 Å². The van der Waals surface area contributed by atoms with Gasteiger partial charge in [-0.3, -0.25) is 4.98 Å². The Kier molecular flexibility index (Phi) is 7.27. The van der Waals surface area contributed by atoms with Crippen molar-refractivity contribution in [3.8, 4) is 5.82 Å². The first-order valence-corrected chi connectivity index (χ1v) is 14.8. The van der Waals surface area contributed by atoms with Gasteiger partial charge in [0.1, 0.15) is 5.82 Å². The molecular formula is C32H35ClN6S. The molecule has 2 fully saturated rings. The summed E-state index contributed by atoms with van der Waals surface area (Å²) in [4.78, 5) is 14.1. The van der Waals surface area contributed by atoms with Crippen LogP contribution in [0, 0.1) is 26.7 Å². The third kappa shape index (κ3) is 4.86. The highest BCUT2D eigenvalue weighted by molar-refractivity contribution is 7.80. The zero-order chi connectivity index (χ0) is 28.0. The summed E-state index contributed by atoms with van der Waals surface area (Å²) in [5.41, 5.74) is 7.57. The van der Waals surface area contributed by atoms with Gasteiger partial charge in [-0.15, -0.1) is 0 Å². The molecule has 5 heterocycles. The predicted octanol–water partition coefficient (Wildman–Crippen LogP) is 7.26. The summed E-state index contributed by atoms with van der Waals surface area (Å²) in [6.45, 7) is 10.7. The summed E-state index contributed by atoms with van der Waals surface area (Å²) in [5, 5.41) is 5.00. The lowest BCUT2D eigenvalue weighted by atomic mass is 9.96.